The molecule has 0 saturated heterocycles. The van der Waals surface area contributed by atoms with Gasteiger partial charge in [0.25, 0.3) is 0 Å². The van der Waals surface area contributed by atoms with E-state index in [9.17, 15) is 0 Å². The third-order valence-corrected chi connectivity index (χ3v) is 1.24. The molecule has 0 spiro atoms. The number of hydrogen-bond donors (Lipinski definition) is 1. The SMILES string of the molecule is CC.CNc1cncc(OC)c1. The van der Waals surface area contributed by atoms with Crippen LogP contribution in [0.2, 0.25) is 0 Å². The van der Waals surface area contributed by atoms with Crippen LogP contribution in [0.3, 0.4) is 0 Å². The minimum absolute atomic E-state index is 0.770. The van der Waals surface area contributed by atoms with Gasteiger partial charge in [0.15, 0.2) is 0 Å². The number of nitrogens with one attached hydrogen (secondary N) is 1. The van der Waals surface area contributed by atoms with Crippen LogP contribution in [-0.4, -0.2) is 19.1 Å². The third-order valence-electron chi connectivity index (χ3n) is 1.24. The molecule has 0 unspecified atom stereocenters. The maximum Gasteiger partial charge on any atom is 0.139 e. The fourth-order valence-electron chi connectivity index (χ4n) is 0.667. The van der Waals surface area contributed by atoms with Crippen LogP contribution in [0, 0.1) is 0 Å². The normalized spacial score (nSPS) is 8.00. The molecular formula is C9H16N2O. The molecule has 1 aromatic rings. The molecule has 1 heterocycles. The van der Waals surface area contributed by atoms with Crippen LogP contribution in [0.25, 0.3) is 0 Å². The smallest absolute Gasteiger partial charge is 0.139 e. The highest BCUT2D eigenvalue weighted by Gasteiger charge is 1.91. The average Bonchev–Trinajstić information content (AvgIpc) is 2.21. The molecule has 0 atom stereocenters. The molecule has 0 radical (unpaired) electrons. The molecule has 0 saturated carbocycles. The van der Waals surface area contributed by atoms with Gasteiger partial charge in [-0.2, -0.15) is 0 Å². The number of methoxy groups -OCH3 is 1. The Hall–Kier alpha value is -1.25. The van der Waals surface area contributed by atoms with E-state index in [4.69, 9.17) is 4.74 Å². The van der Waals surface area contributed by atoms with Gasteiger partial charge in [0.2, 0.25) is 0 Å². The maximum absolute atomic E-state index is 4.95. The van der Waals surface area contributed by atoms with Gasteiger partial charge in [-0.1, -0.05) is 13.8 Å². The molecular weight excluding hydrogens is 152 g/mol. The third kappa shape index (κ3) is 3.23. The molecule has 0 aromatic carbocycles. The monoisotopic (exact) mass is 168 g/mol. The maximum atomic E-state index is 4.95. The minimum Gasteiger partial charge on any atom is -0.495 e. The molecule has 0 aliphatic carbocycles. The zero-order valence-corrected chi connectivity index (χ0v) is 8.09. The quantitative estimate of drug-likeness (QED) is 0.734. The number of anilines is 1. The van der Waals surface area contributed by atoms with Crippen LogP contribution in [0.15, 0.2) is 18.5 Å². The van der Waals surface area contributed by atoms with Crippen LogP contribution < -0.4 is 10.1 Å². The molecule has 0 fully saturated rings. The molecule has 1 rings (SSSR count). The van der Waals surface area contributed by atoms with Crippen molar-refractivity contribution < 1.29 is 4.74 Å². The summed E-state index contributed by atoms with van der Waals surface area (Å²) in [6, 6.07) is 1.88. The fourth-order valence-corrected chi connectivity index (χ4v) is 0.667. The van der Waals surface area contributed by atoms with Gasteiger partial charge in [-0.25, -0.2) is 0 Å². The summed E-state index contributed by atoms with van der Waals surface area (Å²) in [5, 5.41) is 2.96. The van der Waals surface area contributed by atoms with Crippen LogP contribution in [0.4, 0.5) is 5.69 Å². The summed E-state index contributed by atoms with van der Waals surface area (Å²) in [4.78, 5) is 3.94. The molecule has 68 valence electrons. The second kappa shape index (κ2) is 6.46. The molecule has 0 bridgehead atoms. The van der Waals surface area contributed by atoms with Crippen molar-refractivity contribution in [3.05, 3.63) is 18.5 Å². The Morgan fingerprint density at radius 2 is 2.00 bits per heavy atom. The first-order valence-electron chi connectivity index (χ1n) is 4.03. The van der Waals surface area contributed by atoms with Gasteiger partial charge in [-0.05, 0) is 0 Å². The van der Waals surface area contributed by atoms with Crippen molar-refractivity contribution in [3.63, 3.8) is 0 Å². The summed E-state index contributed by atoms with van der Waals surface area (Å²) in [5.74, 6) is 0.770. The van der Waals surface area contributed by atoms with E-state index < -0.39 is 0 Å². The minimum atomic E-state index is 0.770. The molecule has 1 N–H and O–H groups in total. The van der Waals surface area contributed by atoms with E-state index in [1.807, 2.05) is 27.0 Å². The standard InChI is InChI=1S/C7H10N2O.C2H6/c1-8-6-3-7(10-2)5-9-4-6;1-2/h3-5,8H,1-2H3;1-2H3. The topological polar surface area (TPSA) is 34.2 Å². The van der Waals surface area contributed by atoms with Crippen molar-refractivity contribution in [2.45, 2.75) is 13.8 Å². The molecule has 0 amide bonds. The van der Waals surface area contributed by atoms with E-state index in [-0.39, 0.29) is 0 Å². The van der Waals surface area contributed by atoms with Gasteiger partial charge >= 0.3 is 0 Å². The Morgan fingerprint density at radius 3 is 2.50 bits per heavy atom. The molecule has 1 aromatic heterocycles. The fraction of sp³-hybridized carbons (Fsp3) is 0.444. The first-order valence-corrected chi connectivity index (χ1v) is 4.03. The number of pyridine rings is 1. The van der Waals surface area contributed by atoms with E-state index >= 15 is 0 Å². The summed E-state index contributed by atoms with van der Waals surface area (Å²) in [6.07, 6.45) is 3.41. The lowest BCUT2D eigenvalue weighted by Gasteiger charge is -2.01. The number of nitrogens with zero attached hydrogens (tertiary/aromatic N) is 1. The van der Waals surface area contributed by atoms with Gasteiger partial charge in [0, 0.05) is 13.1 Å². The Labute approximate surface area is 73.8 Å². The molecule has 3 nitrogen and oxygen atoms in total. The zero-order chi connectivity index (χ0) is 9.40. The van der Waals surface area contributed by atoms with Gasteiger partial charge in [-0.15, -0.1) is 0 Å². The lowest BCUT2D eigenvalue weighted by molar-refractivity contribution is 0.413. The average molecular weight is 168 g/mol. The van der Waals surface area contributed by atoms with Gasteiger partial charge < -0.3 is 10.1 Å². The summed E-state index contributed by atoms with van der Waals surface area (Å²) >= 11 is 0. The van der Waals surface area contributed by atoms with Crippen molar-refractivity contribution in [3.8, 4) is 5.75 Å². The largest absolute Gasteiger partial charge is 0.495 e. The Bertz CT molecular complexity index is 194. The highest BCUT2D eigenvalue weighted by molar-refractivity contribution is 5.44. The molecule has 12 heavy (non-hydrogen) atoms. The summed E-state index contributed by atoms with van der Waals surface area (Å²) in [5.41, 5.74) is 0.958. The Balaban J connectivity index is 0.000000561. The highest BCUT2D eigenvalue weighted by atomic mass is 16.5. The van der Waals surface area contributed by atoms with E-state index in [0.717, 1.165) is 11.4 Å². The highest BCUT2D eigenvalue weighted by Crippen LogP contribution is 2.12. The van der Waals surface area contributed by atoms with Gasteiger partial charge in [-0.3, -0.25) is 4.98 Å². The second-order valence-electron chi connectivity index (χ2n) is 1.86. The van der Waals surface area contributed by atoms with Crippen molar-refractivity contribution in [1.82, 2.24) is 4.98 Å². The number of rotatable bonds is 2. The van der Waals surface area contributed by atoms with Crippen LogP contribution in [0.1, 0.15) is 13.8 Å². The van der Waals surface area contributed by atoms with Crippen LogP contribution in [-0.2, 0) is 0 Å². The number of hydrogen-bond acceptors (Lipinski definition) is 3. The van der Waals surface area contributed by atoms with E-state index in [1.165, 1.54) is 0 Å². The number of aromatic nitrogens is 1. The number of ether oxygens (including phenoxy) is 1. The summed E-state index contributed by atoms with van der Waals surface area (Å²) in [6.45, 7) is 4.00. The zero-order valence-electron chi connectivity index (χ0n) is 8.09. The van der Waals surface area contributed by atoms with Crippen molar-refractivity contribution >= 4 is 5.69 Å². The Kier molecular flexibility index (Phi) is 5.79. The summed E-state index contributed by atoms with van der Waals surface area (Å²) < 4.78 is 4.95. The molecule has 0 aliphatic heterocycles. The molecule has 3 heteroatoms. The lowest BCUT2D eigenvalue weighted by atomic mass is 10.4. The van der Waals surface area contributed by atoms with E-state index in [0.29, 0.717) is 0 Å². The van der Waals surface area contributed by atoms with Gasteiger partial charge in [0.05, 0.1) is 25.2 Å². The van der Waals surface area contributed by atoms with E-state index in [1.54, 1.807) is 19.5 Å². The van der Waals surface area contributed by atoms with Crippen molar-refractivity contribution in [2.24, 2.45) is 0 Å². The first-order chi connectivity index (χ1) is 5.86. The predicted molar refractivity (Wildman–Crippen MR) is 51.7 cm³/mol. The van der Waals surface area contributed by atoms with Crippen LogP contribution >= 0.6 is 0 Å². The van der Waals surface area contributed by atoms with E-state index in [2.05, 4.69) is 10.3 Å². The second-order valence-corrected chi connectivity index (χ2v) is 1.86. The first kappa shape index (κ1) is 10.8. The predicted octanol–water partition coefficient (Wildman–Crippen LogP) is 2.16. The van der Waals surface area contributed by atoms with Gasteiger partial charge in [0.1, 0.15) is 5.75 Å². The van der Waals surface area contributed by atoms with Crippen molar-refractivity contribution in [1.29, 1.82) is 0 Å². The molecule has 0 aliphatic rings. The summed E-state index contributed by atoms with van der Waals surface area (Å²) in [7, 11) is 3.47. The Morgan fingerprint density at radius 1 is 1.33 bits per heavy atom. The van der Waals surface area contributed by atoms with Crippen molar-refractivity contribution in [2.75, 3.05) is 19.5 Å². The van der Waals surface area contributed by atoms with Crippen LogP contribution in [0.5, 0.6) is 5.75 Å². The lowest BCUT2D eigenvalue weighted by Crippen LogP contribution is -1.90.